The summed E-state index contributed by atoms with van der Waals surface area (Å²) < 4.78 is 4.61. The molecule has 1 atom stereocenters. The molecule has 0 radical (unpaired) electrons. The van der Waals surface area contributed by atoms with Crippen LogP contribution in [0.5, 0.6) is 0 Å². The van der Waals surface area contributed by atoms with Gasteiger partial charge in [0.05, 0.1) is 12.2 Å². The molecule has 21 heavy (non-hydrogen) atoms. The molecule has 7 heteroatoms. The predicted molar refractivity (Wildman–Crippen MR) is 73.6 cm³/mol. The maximum atomic E-state index is 12.3. The topological polar surface area (TPSA) is 97.7 Å². The second-order valence-electron chi connectivity index (χ2n) is 4.33. The van der Waals surface area contributed by atoms with Gasteiger partial charge in [-0.25, -0.2) is 9.59 Å². The average molecular weight is 308 g/mol. The summed E-state index contributed by atoms with van der Waals surface area (Å²) in [6.07, 6.45) is 0. The Bertz CT molecular complexity index is 636. The highest BCUT2D eigenvalue weighted by Gasteiger charge is 2.37. The van der Waals surface area contributed by atoms with Gasteiger partial charge in [0.15, 0.2) is 5.78 Å². The Balaban J connectivity index is 2.31. The van der Waals surface area contributed by atoms with E-state index in [0.29, 0.717) is 4.90 Å². The molecule has 0 aliphatic carbocycles. The molecule has 0 fully saturated rings. The lowest BCUT2D eigenvalue weighted by molar-refractivity contribution is -0.154. The summed E-state index contributed by atoms with van der Waals surface area (Å²) in [5, 5.41) is 8.95. The first-order valence-corrected chi connectivity index (χ1v) is 7.19. The normalized spacial score (nSPS) is 17.0. The van der Waals surface area contributed by atoms with Gasteiger partial charge in [-0.2, -0.15) is 0 Å². The average Bonchev–Trinajstić information content (AvgIpc) is 2.47. The highest BCUT2D eigenvalue weighted by molar-refractivity contribution is 7.99. The fraction of sp³-hybridized carbons (Fsp3) is 0.286. The molecule has 1 heterocycles. The third-order valence-corrected chi connectivity index (χ3v) is 4.17. The van der Waals surface area contributed by atoms with Crippen LogP contribution in [0.25, 0.3) is 0 Å². The van der Waals surface area contributed by atoms with Gasteiger partial charge in [-0.1, -0.05) is 0 Å². The van der Waals surface area contributed by atoms with Gasteiger partial charge in [-0.3, -0.25) is 9.59 Å². The van der Waals surface area contributed by atoms with Crippen LogP contribution in [0.4, 0.5) is 0 Å². The molecule has 1 aromatic carbocycles. The molecule has 0 amide bonds. The van der Waals surface area contributed by atoms with E-state index in [-0.39, 0.29) is 23.5 Å². The van der Waals surface area contributed by atoms with E-state index in [0.717, 1.165) is 0 Å². The number of hydrogen-bond donors (Lipinski definition) is 1. The number of hydrogen-bond acceptors (Lipinski definition) is 6. The Labute approximate surface area is 124 Å². The quantitative estimate of drug-likeness (QED) is 0.510. The summed E-state index contributed by atoms with van der Waals surface area (Å²) in [6.45, 7) is 1.62. The van der Waals surface area contributed by atoms with Crippen LogP contribution >= 0.6 is 11.8 Å². The lowest BCUT2D eigenvalue weighted by Crippen LogP contribution is -2.35. The summed E-state index contributed by atoms with van der Waals surface area (Å²) in [4.78, 5) is 47.2. The minimum Gasteiger partial charge on any atom is -0.478 e. The number of carboxylic acids is 1. The molecule has 1 unspecified atom stereocenters. The summed E-state index contributed by atoms with van der Waals surface area (Å²) >= 11 is 1.24. The fourth-order valence-corrected chi connectivity index (χ4v) is 3.09. The molecule has 2 rings (SSSR count). The van der Waals surface area contributed by atoms with Crippen molar-refractivity contribution < 1.29 is 29.0 Å². The molecule has 0 saturated heterocycles. The van der Waals surface area contributed by atoms with Crippen molar-refractivity contribution in [1.82, 2.24) is 0 Å². The smallest absolute Gasteiger partial charge is 0.375 e. The van der Waals surface area contributed by atoms with E-state index in [4.69, 9.17) is 5.11 Å². The number of ketones is 2. The second kappa shape index (κ2) is 6.09. The standard InChI is InChI=1S/C14H12O6S/c1-2-20-14(19)12(16)9-6-21-10-4-3-7(13(17)18)5-8(10)11(9)15/h3-5,9H,2,6H2,1H3,(H,17,18). The van der Waals surface area contributed by atoms with Crippen LogP contribution in [0, 0.1) is 5.92 Å². The van der Waals surface area contributed by atoms with Crippen molar-refractivity contribution in [3.63, 3.8) is 0 Å². The van der Waals surface area contributed by atoms with Crippen LogP contribution in [0.1, 0.15) is 27.6 Å². The number of thioether (sulfide) groups is 1. The van der Waals surface area contributed by atoms with Crippen molar-refractivity contribution in [3.05, 3.63) is 29.3 Å². The van der Waals surface area contributed by atoms with Gasteiger partial charge in [0.1, 0.15) is 5.92 Å². The number of carbonyl (C=O) groups is 4. The third-order valence-electron chi connectivity index (χ3n) is 3.01. The zero-order chi connectivity index (χ0) is 15.6. The molecular weight excluding hydrogens is 296 g/mol. The van der Waals surface area contributed by atoms with Crippen LogP contribution in [-0.2, 0) is 14.3 Å². The zero-order valence-electron chi connectivity index (χ0n) is 11.1. The minimum atomic E-state index is -1.16. The first kappa shape index (κ1) is 15.2. The number of Topliss-reactive ketones (excluding diaryl/α,β-unsaturated/α-hetero) is 2. The van der Waals surface area contributed by atoms with E-state index in [9.17, 15) is 19.2 Å². The number of carboxylic acid groups (broad SMARTS) is 1. The summed E-state index contributed by atoms with van der Waals surface area (Å²) in [7, 11) is 0. The van der Waals surface area contributed by atoms with Crippen molar-refractivity contribution in [2.24, 2.45) is 5.92 Å². The highest BCUT2D eigenvalue weighted by Crippen LogP contribution is 2.34. The van der Waals surface area contributed by atoms with Gasteiger partial charge in [-0.05, 0) is 25.1 Å². The van der Waals surface area contributed by atoms with Crippen molar-refractivity contribution in [1.29, 1.82) is 0 Å². The Kier molecular flexibility index (Phi) is 4.42. The van der Waals surface area contributed by atoms with E-state index in [1.807, 2.05) is 0 Å². The molecule has 0 saturated carbocycles. The fourth-order valence-electron chi connectivity index (χ4n) is 1.96. The molecule has 0 bridgehead atoms. The zero-order valence-corrected chi connectivity index (χ0v) is 11.9. The first-order chi connectivity index (χ1) is 9.95. The monoisotopic (exact) mass is 308 g/mol. The number of benzene rings is 1. The number of fused-ring (bicyclic) bond motifs is 1. The summed E-state index contributed by atoms with van der Waals surface area (Å²) in [5.41, 5.74) is 0.126. The number of rotatable bonds is 4. The maximum Gasteiger partial charge on any atom is 0.375 e. The minimum absolute atomic E-state index is 0.0352. The Morgan fingerprint density at radius 1 is 1.38 bits per heavy atom. The molecule has 110 valence electrons. The number of ether oxygens (including phenoxy) is 1. The molecule has 1 aliphatic heterocycles. The summed E-state index contributed by atoms with van der Waals surface area (Å²) in [5.74, 6) is -4.59. The van der Waals surface area contributed by atoms with Crippen LogP contribution in [0.3, 0.4) is 0 Å². The lowest BCUT2D eigenvalue weighted by Gasteiger charge is -2.21. The largest absolute Gasteiger partial charge is 0.478 e. The molecule has 0 spiro atoms. The second-order valence-corrected chi connectivity index (χ2v) is 5.39. The predicted octanol–water partition coefficient (Wildman–Crippen LogP) is 1.42. The molecule has 1 N–H and O–H groups in total. The van der Waals surface area contributed by atoms with Gasteiger partial charge in [0.2, 0.25) is 0 Å². The molecular formula is C14H12O6S. The van der Waals surface area contributed by atoms with Gasteiger partial charge in [-0.15, -0.1) is 11.8 Å². The van der Waals surface area contributed by atoms with Gasteiger partial charge in [0, 0.05) is 16.2 Å². The molecule has 1 aliphatic rings. The van der Waals surface area contributed by atoms with E-state index in [1.165, 1.54) is 30.0 Å². The van der Waals surface area contributed by atoms with Crippen molar-refractivity contribution >= 4 is 35.3 Å². The molecule has 6 nitrogen and oxygen atoms in total. The van der Waals surface area contributed by atoms with Crippen molar-refractivity contribution in [2.75, 3.05) is 12.4 Å². The highest BCUT2D eigenvalue weighted by atomic mass is 32.2. The Hall–Kier alpha value is -2.15. The number of carbonyl (C=O) groups excluding carboxylic acids is 3. The Morgan fingerprint density at radius 2 is 2.10 bits per heavy atom. The van der Waals surface area contributed by atoms with E-state index in [2.05, 4.69) is 4.74 Å². The van der Waals surface area contributed by atoms with E-state index >= 15 is 0 Å². The van der Waals surface area contributed by atoms with Gasteiger partial charge < -0.3 is 9.84 Å². The van der Waals surface area contributed by atoms with E-state index < -0.39 is 29.4 Å². The van der Waals surface area contributed by atoms with Crippen LogP contribution in [-0.4, -0.2) is 41.0 Å². The maximum absolute atomic E-state index is 12.3. The lowest BCUT2D eigenvalue weighted by atomic mass is 9.93. The van der Waals surface area contributed by atoms with Gasteiger partial charge in [0.25, 0.3) is 5.78 Å². The van der Waals surface area contributed by atoms with Crippen LogP contribution in [0.15, 0.2) is 23.1 Å². The number of esters is 1. The van der Waals surface area contributed by atoms with E-state index in [1.54, 1.807) is 6.92 Å². The third kappa shape index (κ3) is 2.97. The molecule has 1 aromatic rings. The summed E-state index contributed by atoms with van der Waals surface area (Å²) in [6, 6.07) is 4.17. The van der Waals surface area contributed by atoms with Crippen molar-refractivity contribution in [3.8, 4) is 0 Å². The first-order valence-electron chi connectivity index (χ1n) is 6.21. The van der Waals surface area contributed by atoms with Crippen LogP contribution < -0.4 is 0 Å². The number of aromatic carboxylic acids is 1. The SMILES string of the molecule is CCOC(=O)C(=O)C1CSc2ccc(C(=O)O)cc2C1=O. The molecule has 0 aromatic heterocycles. The van der Waals surface area contributed by atoms with Crippen molar-refractivity contribution in [2.45, 2.75) is 11.8 Å². The van der Waals surface area contributed by atoms with Crippen LogP contribution in [0.2, 0.25) is 0 Å². The Morgan fingerprint density at radius 3 is 2.71 bits per heavy atom. The van der Waals surface area contributed by atoms with Gasteiger partial charge >= 0.3 is 11.9 Å².